The summed E-state index contributed by atoms with van der Waals surface area (Å²) in [4.78, 5) is 12.4. The van der Waals surface area contributed by atoms with Crippen molar-refractivity contribution in [2.75, 3.05) is 0 Å². The van der Waals surface area contributed by atoms with Crippen LogP contribution in [0.4, 0.5) is 0 Å². The normalized spacial score (nSPS) is 11.0. The van der Waals surface area contributed by atoms with Gasteiger partial charge in [-0.3, -0.25) is 9.48 Å². The minimum Gasteiger partial charge on any atom is -0.294 e. The number of ketones is 1. The molecule has 0 saturated carbocycles. The quantitative estimate of drug-likeness (QED) is 0.590. The minimum atomic E-state index is 0.0872. The number of thiophene rings is 1. The average Bonchev–Trinajstić information content (AvgIpc) is 2.83. The fraction of sp³-hybridized carbons (Fsp3) is 0.333. The Morgan fingerprint density at radius 2 is 2.11 bits per heavy atom. The van der Waals surface area contributed by atoms with Gasteiger partial charge in [0.2, 0.25) is 0 Å². The highest BCUT2D eigenvalue weighted by atomic mass is 79.9. The van der Waals surface area contributed by atoms with E-state index in [4.69, 9.17) is 0 Å². The van der Waals surface area contributed by atoms with Crippen molar-refractivity contribution < 1.29 is 4.79 Å². The molecule has 0 atom stereocenters. The van der Waals surface area contributed by atoms with Crippen LogP contribution in [0.25, 0.3) is 0 Å². The van der Waals surface area contributed by atoms with Crippen LogP contribution in [0.5, 0.6) is 0 Å². The summed E-state index contributed by atoms with van der Waals surface area (Å²) in [5, 5.41) is 4.40. The van der Waals surface area contributed by atoms with E-state index in [0.29, 0.717) is 12.0 Å². The molecule has 0 aromatic carbocycles. The third-order valence-corrected chi connectivity index (χ3v) is 6.11. The van der Waals surface area contributed by atoms with Crippen LogP contribution in [0.3, 0.4) is 0 Å². The summed E-state index contributed by atoms with van der Waals surface area (Å²) in [7, 11) is 0. The Bertz CT molecular complexity index is 633. The summed E-state index contributed by atoms with van der Waals surface area (Å²) in [6.07, 6.45) is 0.344. The zero-order chi connectivity index (χ0) is 14.2. The number of hydrogen-bond acceptors (Lipinski definition) is 3. The first-order valence-corrected chi connectivity index (χ1v) is 8.83. The molecule has 0 aliphatic rings. The highest BCUT2D eigenvalue weighted by molar-refractivity contribution is 9.12. The molecule has 0 spiro atoms. The van der Waals surface area contributed by atoms with Crippen molar-refractivity contribution in [3.8, 4) is 0 Å². The molecule has 0 amide bonds. The lowest BCUT2D eigenvalue weighted by molar-refractivity contribution is 0.0990. The van der Waals surface area contributed by atoms with E-state index in [1.54, 1.807) is 0 Å². The Morgan fingerprint density at radius 3 is 2.63 bits per heavy atom. The number of hydrogen-bond donors (Lipinski definition) is 0. The molecule has 0 unspecified atom stereocenters. The van der Waals surface area contributed by atoms with Gasteiger partial charge in [-0.05, 0) is 67.7 Å². The fourth-order valence-corrected chi connectivity index (χ4v) is 5.10. The molecule has 2 aromatic heterocycles. The summed E-state index contributed by atoms with van der Waals surface area (Å²) >= 11 is 11.8. The molecule has 2 aromatic rings. The SMILES string of the molecule is CCn1nc(C)c(Br)c1CC(=O)c1cc(Br)sc1Br. The molecule has 3 nitrogen and oxygen atoms in total. The average molecular weight is 471 g/mol. The van der Waals surface area contributed by atoms with Gasteiger partial charge in [0.05, 0.1) is 29.9 Å². The molecule has 2 heterocycles. The molecule has 0 aliphatic carbocycles. The number of aromatic nitrogens is 2. The minimum absolute atomic E-state index is 0.0872. The van der Waals surface area contributed by atoms with Crippen molar-refractivity contribution in [2.24, 2.45) is 0 Å². The number of halogens is 3. The first-order valence-electron chi connectivity index (χ1n) is 5.63. The maximum absolute atomic E-state index is 12.4. The van der Waals surface area contributed by atoms with Gasteiger partial charge >= 0.3 is 0 Å². The fourth-order valence-electron chi connectivity index (χ4n) is 1.82. The molecular formula is C12H11Br3N2OS. The van der Waals surface area contributed by atoms with Crippen LogP contribution in [0.15, 0.2) is 18.1 Å². The highest BCUT2D eigenvalue weighted by Gasteiger charge is 2.19. The van der Waals surface area contributed by atoms with E-state index in [0.717, 1.165) is 30.0 Å². The standard InChI is InChI=1S/C12H11Br3N2OS/c1-3-17-8(11(14)6(2)16-17)5-9(18)7-4-10(13)19-12(7)15/h4H,3,5H2,1-2H3. The number of carbonyl (C=O) groups is 1. The number of aryl methyl sites for hydroxylation is 2. The molecule has 0 bridgehead atoms. The molecular weight excluding hydrogens is 460 g/mol. The molecule has 0 saturated heterocycles. The zero-order valence-corrected chi connectivity index (χ0v) is 15.9. The molecule has 0 N–H and O–H groups in total. The van der Waals surface area contributed by atoms with Crippen LogP contribution >= 0.6 is 59.1 Å². The van der Waals surface area contributed by atoms with E-state index in [2.05, 4.69) is 52.9 Å². The second kappa shape index (κ2) is 6.20. The summed E-state index contributed by atoms with van der Waals surface area (Å²) in [6, 6.07) is 1.85. The number of Topliss-reactive ketones (excluding diaryl/α,β-unsaturated/α-hetero) is 1. The summed E-state index contributed by atoms with van der Waals surface area (Å²) < 4.78 is 4.60. The van der Waals surface area contributed by atoms with Crippen LogP contribution in [-0.2, 0) is 13.0 Å². The molecule has 102 valence electrons. The summed E-state index contributed by atoms with van der Waals surface area (Å²) in [5.74, 6) is 0.0872. The van der Waals surface area contributed by atoms with Crippen molar-refractivity contribution in [3.05, 3.63) is 35.1 Å². The van der Waals surface area contributed by atoms with Gasteiger partial charge in [-0.25, -0.2) is 0 Å². The molecule has 0 aliphatic heterocycles. The maximum atomic E-state index is 12.4. The summed E-state index contributed by atoms with van der Waals surface area (Å²) in [6.45, 7) is 4.70. The topological polar surface area (TPSA) is 34.9 Å². The van der Waals surface area contributed by atoms with Gasteiger partial charge < -0.3 is 0 Å². The lowest BCUT2D eigenvalue weighted by atomic mass is 10.1. The van der Waals surface area contributed by atoms with Gasteiger partial charge in [0, 0.05) is 12.1 Å². The molecule has 0 fully saturated rings. The lowest BCUT2D eigenvalue weighted by Gasteiger charge is -2.04. The third kappa shape index (κ3) is 3.20. The van der Waals surface area contributed by atoms with Gasteiger partial charge in [-0.2, -0.15) is 5.10 Å². The van der Waals surface area contributed by atoms with Crippen LogP contribution in [0, 0.1) is 6.92 Å². The van der Waals surface area contributed by atoms with Crippen molar-refractivity contribution in [1.29, 1.82) is 0 Å². The first-order chi connectivity index (χ1) is 8.93. The van der Waals surface area contributed by atoms with E-state index >= 15 is 0 Å². The van der Waals surface area contributed by atoms with Crippen molar-refractivity contribution in [3.63, 3.8) is 0 Å². The van der Waals surface area contributed by atoms with Gasteiger partial charge in [0.15, 0.2) is 5.78 Å². The number of carbonyl (C=O) groups excluding carboxylic acids is 1. The smallest absolute Gasteiger partial charge is 0.170 e. The third-order valence-electron chi connectivity index (χ3n) is 2.74. The van der Waals surface area contributed by atoms with Gasteiger partial charge in [-0.15, -0.1) is 11.3 Å². The van der Waals surface area contributed by atoms with E-state index in [1.165, 1.54) is 11.3 Å². The van der Waals surface area contributed by atoms with Crippen molar-refractivity contribution >= 4 is 64.9 Å². The van der Waals surface area contributed by atoms with Gasteiger partial charge in [-0.1, -0.05) is 0 Å². The molecule has 0 radical (unpaired) electrons. The Balaban J connectivity index is 2.31. The van der Waals surface area contributed by atoms with Gasteiger partial charge in [0.25, 0.3) is 0 Å². The van der Waals surface area contributed by atoms with E-state index in [-0.39, 0.29) is 5.78 Å². The Kier molecular flexibility index (Phi) is 5.03. The largest absolute Gasteiger partial charge is 0.294 e. The Morgan fingerprint density at radius 1 is 1.42 bits per heavy atom. The van der Waals surface area contributed by atoms with E-state index in [1.807, 2.05) is 24.6 Å². The van der Waals surface area contributed by atoms with Crippen LogP contribution < -0.4 is 0 Å². The summed E-state index contributed by atoms with van der Waals surface area (Å²) in [5.41, 5.74) is 2.56. The van der Waals surface area contributed by atoms with Crippen LogP contribution in [0.2, 0.25) is 0 Å². The van der Waals surface area contributed by atoms with Crippen LogP contribution in [0.1, 0.15) is 28.7 Å². The Labute approximate surface area is 140 Å². The zero-order valence-electron chi connectivity index (χ0n) is 10.3. The first kappa shape index (κ1) is 15.4. The Hall–Kier alpha value is 0.0200. The second-order valence-electron chi connectivity index (χ2n) is 4.00. The van der Waals surface area contributed by atoms with Crippen LogP contribution in [-0.4, -0.2) is 15.6 Å². The predicted molar refractivity (Wildman–Crippen MR) is 88.1 cm³/mol. The monoisotopic (exact) mass is 468 g/mol. The maximum Gasteiger partial charge on any atom is 0.170 e. The second-order valence-corrected chi connectivity index (χ2v) is 8.54. The highest BCUT2D eigenvalue weighted by Crippen LogP contribution is 2.33. The molecule has 2 rings (SSSR count). The van der Waals surface area contributed by atoms with Gasteiger partial charge in [0.1, 0.15) is 0 Å². The lowest BCUT2D eigenvalue weighted by Crippen LogP contribution is -2.10. The predicted octanol–water partition coefficient (Wildman–Crippen LogP) is 4.99. The van der Waals surface area contributed by atoms with Crippen molar-refractivity contribution in [1.82, 2.24) is 9.78 Å². The number of nitrogens with zero attached hydrogens (tertiary/aromatic N) is 2. The number of rotatable bonds is 4. The van der Waals surface area contributed by atoms with E-state index in [9.17, 15) is 4.79 Å². The molecule has 7 heteroatoms. The van der Waals surface area contributed by atoms with E-state index < -0.39 is 0 Å². The molecule has 19 heavy (non-hydrogen) atoms. The van der Waals surface area contributed by atoms with Crippen molar-refractivity contribution in [2.45, 2.75) is 26.8 Å².